The van der Waals surface area contributed by atoms with Crippen molar-refractivity contribution in [3.05, 3.63) is 54.6 Å². The first-order valence-corrected chi connectivity index (χ1v) is 13.4. The Morgan fingerprint density at radius 1 is 1.37 bits per heavy atom. The zero-order valence-corrected chi connectivity index (χ0v) is 21.5. The van der Waals surface area contributed by atoms with Crippen molar-refractivity contribution in [3.8, 4) is 17.0 Å². The van der Waals surface area contributed by atoms with E-state index in [4.69, 9.17) is 9.47 Å². The van der Waals surface area contributed by atoms with Crippen LogP contribution in [0.5, 0.6) is 5.75 Å². The number of nitrogens with one attached hydrogen (secondary N) is 2. The lowest BCUT2D eigenvalue weighted by Gasteiger charge is -2.23. The highest BCUT2D eigenvalue weighted by Gasteiger charge is 2.22. The predicted octanol–water partition coefficient (Wildman–Crippen LogP) is 3.94. The van der Waals surface area contributed by atoms with Crippen LogP contribution in [0.15, 0.2) is 53.9 Å². The fourth-order valence-corrected chi connectivity index (χ4v) is 4.75. The van der Waals surface area contributed by atoms with Crippen molar-refractivity contribution in [1.82, 2.24) is 29.7 Å². The van der Waals surface area contributed by atoms with Crippen LogP contribution < -0.4 is 15.4 Å². The number of alkyl halides is 2. The highest BCUT2D eigenvalue weighted by atomic mass is 32.2. The first-order chi connectivity index (χ1) is 18.5. The molecule has 13 heteroatoms. The number of rotatable bonds is 10. The summed E-state index contributed by atoms with van der Waals surface area (Å²) in [7, 11) is 0. The topological polar surface area (TPSA) is 108 Å². The van der Waals surface area contributed by atoms with Crippen LogP contribution in [0.4, 0.5) is 14.5 Å². The SMILES string of the molecule is CSc1ccc(OC(F)F)c(-c2nn(CCN[C@@H]3CCCOC3)cc2NC(=O)c2cnn3cccnc23)c1. The van der Waals surface area contributed by atoms with Crippen LogP contribution in [0.1, 0.15) is 23.2 Å². The van der Waals surface area contributed by atoms with Crippen molar-refractivity contribution >= 4 is 29.0 Å². The van der Waals surface area contributed by atoms with Crippen molar-refractivity contribution in [3.63, 3.8) is 0 Å². The molecule has 0 saturated carbocycles. The molecule has 0 spiro atoms. The molecule has 1 amide bonds. The molecular formula is C25H27F2N7O3S. The monoisotopic (exact) mass is 543 g/mol. The largest absolute Gasteiger partial charge is 0.434 e. The summed E-state index contributed by atoms with van der Waals surface area (Å²) in [5, 5.41) is 15.2. The van der Waals surface area contributed by atoms with Crippen LogP contribution in [0.3, 0.4) is 0 Å². The molecule has 200 valence electrons. The van der Waals surface area contributed by atoms with Gasteiger partial charge in [0.25, 0.3) is 5.91 Å². The zero-order valence-electron chi connectivity index (χ0n) is 20.6. The van der Waals surface area contributed by atoms with E-state index in [1.54, 1.807) is 41.5 Å². The standard InChI is InChI=1S/C25H27F2N7O3S/c1-38-17-5-6-21(37-25(26)27)18(12-17)22-20(14-33(32-22)10-8-28-16-4-2-11-36-15-16)31-24(35)19-13-30-34-9-3-7-29-23(19)34/h3,5-7,9,12-14,16,25,28H,2,4,8,10-11,15H2,1H3,(H,31,35)/t16-/m1/s1. The lowest BCUT2D eigenvalue weighted by atomic mass is 10.1. The van der Waals surface area contributed by atoms with Crippen LogP contribution >= 0.6 is 11.8 Å². The number of nitrogens with zero attached hydrogens (tertiary/aromatic N) is 5. The van der Waals surface area contributed by atoms with Gasteiger partial charge in [-0.15, -0.1) is 11.8 Å². The summed E-state index contributed by atoms with van der Waals surface area (Å²) in [6, 6.07) is 6.88. The molecule has 4 heterocycles. The molecule has 5 rings (SSSR count). The molecule has 1 saturated heterocycles. The van der Waals surface area contributed by atoms with Gasteiger partial charge in [0.05, 0.1) is 25.0 Å². The Morgan fingerprint density at radius 2 is 2.26 bits per heavy atom. The van der Waals surface area contributed by atoms with Gasteiger partial charge in [-0.25, -0.2) is 9.50 Å². The van der Waals surface area contributed by atoms with E-state index >= 15 is 0 Å². The van der Waals surface area contributed by atoms with Crippen molar-refractivity contribution < 1.29 is 23.0 Å². The van der Waals surface area contributed by atoms with Crippen LogP contribution in [0.2, 0.25) is 0 Å². The van der Waals surface area contributed by atoms with Crippen molar-refractivity contribution in [1.29, 1.82) is 0 Å². The average Bonchev–Trinajstić information content (AvgIpc) is 3.53. The molecule has 0 aliphatic carbocycles. The summed E-state index contributed by atoms with van der Waals surface area (Å²) in [5.74, 6) is -0.483. The minimum atomic E-state index is -3.01. The minimum absolute atomic E-state index is 0.0336. The van der Waals surface area contributed by atoms with E-state index in [2.05, 4.69) is 25.8 Å². The molecule has 0 bridgehead atoms. The van der Waals surface area contributed by atoms with Crippen molar-refractivity contribution in [2.24, 2.45) is 0 Å². The van der Waals surface area contributed by atoms with Gasteiger partial charge >= 0.3 is 6.61 Å². The van der Waals surface area contributed by atoms with Crippen molar-refractivity contribution in [2.45, 2.75) is 36.9 Å². The van der Waals surface area contributed by atoms with Crippen LogP contribution in [0.25, 0.3) is 16.9 Å². The fraction of sp³-hybridized carbons (Fsp3) is 0.360. The van der Waals surface area contributed by atoms with Crippen LogP contribution in [-0.4, -0.2) is 69.0 Å². The van der Waals surface area contributed by atoms with Gasteiger partial charge in [-0.05, 0) is 43.4 Å². The van der Waals surface area contributed by atoms with E-state index in [1.165, 1.54) is 28.5 Å². The molecule has 1 aliphatic heterocycles. The third-order valence-corrected chi connectivity index (χ3v) is 6.85. The smallest absolute Gasteiger partial charge is 0.387 e. The summed E-state index contributed by atoms with van der Waals surface area (Å²) in [5.41, 5.74) is 1.67. The van der Waals surface area contributed by atoms with E-state index in [1.807, 2.05) is 6.26 Å². The Bertz CT molecular complexity index is 1400. The van der Waals surface area contributed by atoms with Crippen LogP contribution in [0, 0.1) is 0 Å². The number of amides is 1. The number of hydrogen-bond donors (Lipinski definition) is 2. The molecule has 1 aliphatic rings. The van der Waals surface area contributed by atoms with Gasteiger partial charge in [0.1, 0.15) is 17.0 Å². The second kappa shape index (κ2) is 11.9. The number of ether oxygens (including phenoxy) is 2. The van der Waals surface area contributed by atoms with Gasteiger partial charge in [-0.3, -0.25) is 9.48 Å². The number of hydrogen-bond acceptors (Lipinski definition) is 8. The second-order valence-electron chi connectivity index (χ2n) is 8.66. The molecule has 0 radical (unpaired) electrons. The maximum Gasteiger partial charge on any atom is 0.387 e. The molecule has 2 N–H and O–H groups in total. The highest BCUT2D eigenvalue weighted by molar-refractivity contribution is 7.98. The number of aromatic nitrogens is 5. The van der Waals surface area contributed by atoms with Crippen molar-refractivity contribution in [2.75, 3.05) is 31.3 Å². The Labute approximate surface area is 221 Å². The van der Waals surface area contributed by atoms with Gasteiger partial charge in [0, 0.05) is 48.2 Å². The summed E-state index contributed by atoms with van der Waals surface area (Å²) in [6.07, 6.45) is 10.3. The first-order valence-electron chi connectivity index (χ1n) is 12.1. The van der Waals surface area contributed by atoms with Gasteiger partial charge in [-0.1, -0.05) is 0 Å². The lowest BCUT2D eigenvalue weighted by molar-refractivity contribution is -0.0494. The average molecular weight is 544 g/mol. The lowest BCUT2D eigenvalue weighted by Crippen LogP contribution is -2.38. The number of thioether (sulfide) groups is 1. The summed E-state index contributed by atoms with van der Waals surface area (Å²) in [6.45, 7) is -0.462. The maximum atomic E-state index is 13.3. The van der Waals surface area contributed by atoms with E-state index in [0.717, 1.165) is 24.3 Å². The molecule has 10 nitrogen and oxygen atoms in total. The van der Waals surface area contributed by atoms with Gasteiger partial charge < -0.3 is 20.1 Å². The van der Waals surface area contributed by atoms with Gasteiger partial charge in [0.2, 0.25) is 0 Å². The normalized spacial score (nSPS) is 15.7. The molecule has 1 fully saturated rings. The first kappa shape index (κ1) is 26.1. The minimum Gasteiger partial charge on any atom is -0.434 e. The number of anilines is 1. The van der Waals surface area contributed by atoms with Crippen LogP contribution in [-0.2, 0) is 11.3 Å². The third kappa shape index (κ3) is 5.95. The Hall–Kier alpha value is -3.55. The molecular weight excluding hydrogens is 516 g/mol. The molecule has 3 aromatic heterocycles. The molecule has 4 aromatic rings. The molecule has 0 unspecified atom stereocenters. The number of carbonyl (C=O) groups excluding carboxylic acids is 1. The molecule has 1 aromatic carbocycles. The third-order valence-electron chi connectivity index (χ3n) is 6.13. The molecule has 38 heavy (non-hydrogen) atoms. The summed E-state index contributed by atoms with van der Waals surface area (Å²) < 4.78 is 40.0. The van der Waals surface area contributed by atoms with Gasteiger partial charge in [0.15, 0.2) is 5.65 Å². The Kier molecular flexibility index (Phi) is 8.15. The van der Waals surface area contributed by atoms with Gasteiger partial charge in [-0.2, -0.15) is 19.0 Å². The summed E-state index contributed by atoms with van der Waals surface area (Å²) >= 11 is 1.45. The quantitative estimate of drug-likeness (QED) is 0.290. The second-order valence-corrected chi connectivity index (χ2v) is 9.54. The number of fused-ring (bicyclic) bond motifs is 1. The van der Waals surface area contributed by atoms with E-state index < -0.39 is 12.5 Å². The maximum absolute atomic E-state index is 13.3. The Morgan fingerprint density at radius 3 is 3.05 bits per heavy atom. The van der Waals surface area contributed by atoms with E-state index in [9.17, 15) is 13.6 Å². The number of halogens is 2. The van der Waals surface area contributed by atoms with E-state index in [0.29, 0.717) is 42.3 Å². The zero-order chi connectivity index (χ0) is 26.5. The Balaban J connectivity index is 1.46. The summed E-state index contributed by atoms with van der Waals surface area (Å²) in [4.78, 5) is 18.3. The highest BCUT2D eigenvalue weighted by Crippen LogP contribution is 2.37. The number of carbonyl (C=O) groups is 1. The fourth-order valence-electron chi connectivity index (χ4n) is 4.31. The van der Waals surface area contributed by atoms with E-state index in [-0.39, 0.29) is 17.4 Å². The number of benzene rings is 1. The predicted molar refractivity (Wildman–Crippen MR) is 139 cm³/mol. The molecule has 1 atom stereocenters.